The predicted octanol–water partition coefficient (Wildman–Crippen LogP) is 4.66. The molecule has 1 heterocycles. The van der Waals surface area contributed by atoms with Crippen LogP contribution in [0.5, 0.6) is 0 Å². The summed E-state index contributed by atoms with van der Waals surface area (Å²) in [5.41, 5.74) is 3.62. The molecule has 0 aliphatic heterocycles. The van der Waals surface area contributed by atoms with E-state index in [1.165, 1.54) is 16.0 Å². The fraction of sp³-hybridized carbons (Fsp3) is 0.286. The number of halogens is 1. The van der Waals surface area contributed by atoms with Gasteiger partial charge in [0.2, 0.25) is 0 Å². The molecule has 0 aliphatic carbocycles. The number of benzene rings is 1. The van der Waals surface area contributed by atoms with Gasteiger partial charge in [-0.2, -0.15) is 0 Å². The zero-order chi connectivity index (χ0) is 12.4. The largest absolute Gasteiger partial charge is 0.313 e. The van der Waals surface area contributed by atoms with Crippen molar-refractivity contribution in [2.75, 3.05) is 7.05 Å². The first kappa shape index (κ1) is 12.6. The van der Waals surface area contributed by atoms with E-state index in [4.69, 9.17) is 11.6 Å². The number of thiophene rings is 1. The summed E-state index contributed by atoms with van der Waals surface area (Å²) in [7, 11) is 1.94. The number of nitrogens with one attached hydrogen (secondary N) is 1. The Bertz CT molecular complexity index is 519. The first-order chi connectivity index (χ1) is 8.13. The maximum Gasteiger partial charge on any atom is 0.0459 e. The van der Waals surface area contributed by atoms with E-state index in [2.05, 4.69) is 48.8 Å². The van der Waals surface area contributed by atoms with Crippen LogP contribution in [-0.2, 0) is 0 Å². The number of hydrogen-bond acceptors (Lipinski definition) is 2. The summed E-state index contributed by atoms with van der Waals surface area (Å²) in [5, 5.41) is 6.15. The van der Waals surface area contributed by atoms with Crippen LogP contribution in [0.3, 0.4) is 0 Å². The number of rotatable bonds is 3. The maximum absolute atomic E-state index is 6.34. The molecule has 2 rings (SSSR count). The lowest BCUT2D eigenvalue weighted by Crippen LogP contribution is -2.12. The van der Waals surface area contributed by atoms with Gasteiger partial charge in [-0.3, -0.25) is 0 Å². The Hall–Kier alpha value is -0.830. The third-order valence-corrected chi connectivity index (χ3v) is 4.24. The molecule has 1 aromatic heterocycles. The molecule has 2 aromatic rings. The zero-order valence-corrected chi connectivity index (χ0v) is 11.8. The van der Waals surface area contributed by atoms with E-state index in [9.17, 15) is 0 Å². The highest BCUT2D eigenvalue weighted by Gasteiger charge is 2.10. The Kier molecular flexibility index (Phi) is 3.87. The topological polar surface area (TPSA) is 12.0 Å². The molecular weight excluding hydrogens is 250 g/mol. The van der Waals surface area contributed by atoms with E-state index in [0.717, 1.165) is 10.6 Å². The van der Waals surface area contributed by atoms with Gasteiger partial charge in [0.15, 0.2) is 0 Å². The monoisotopic (exact) mass is 265 g/mol. The summed E-state index contributed by atoms with van der Waals surface area (Å²) in [4.78, 5) is 1.33. The standard InChI is InChI=1S/C14H16ClNS/c1-9(16-3)12-5-4-11(8-14(12)15)13-6-7-17-10(13)2/h4-9,16H,1-3H3. The van der Waals surface area contributed by atoms with Gasteiger partial charge in [0, 0.05) is 15.9 Å². The molecule has 0 bridgehead atoms. The van der Waals surface area contributed by atoms with Crippen molar-refractivity contribution in [3.8, 4) is 11.1 Å². The van der Waals surface area contributed by atoms with Gasteiger partial charge in [0.25, 0.3) is 0 Å². The average Bonchev–Trinajstić information content (AvgIpc) is 2.74. The highest BCUT2D eigenvalue weighted by Crippen LogP contribution is 2.32. The van der Waals surface area contributed by atoms with Crippen LogP contribution < -0.4 is 5.32 Å². The molecule has 0 spiro atoms. The summed E-state index contributed by atoms with van der Waals surface area (Å²) >= 11 is 8.10. The SMILES string of the molecule is CNC(C)c1ccc(-c2ccsc2C)cc1Cl. The van der Waals surface area contributed by atoms with Crippen LogP contribution in [0, 0.1) is 6.92 Å². The number of aryl methyl sites for hydroxylation is 1. The summed E-state index contributed by atoms with van der Waals surface area (Å²) in [6, 6.07) is 8.73. The zero-order valence-electron chi connectivity index (χ0n) is 10.3. The van der Waals surface area contributed by atoms with Crippen molar-refractivity contribution in [3.05, 3.63) is 45.1 Å². The number of hydrogen-bond donors (Lipinski definition) is 1. The lowest BCUT2D eigenvalue weighted by Gasteiger charge is -2.13. The van der Waals surface area contributed by atoms with Crippen LogP contribution in [0.2, 0.25) is 5.02 Å². The average molecular weight is 266 g/mol. The van der Waals surface area contributed by atoms with Crippen molar-refractivity contribution < 1.29 is 0 Å². The van der Waals surface area contributed by atoms with Gasteiger partial charge < -0.3 is 5.32 Å². The Morgan fingerprint density at radius 3 is 2.59 bits per heavy atom. The van der Waals surface area contributed by atoms with Gasteiger partial charge in [-0.1, -0.05) is 23.7 Å². The van der Waals surface area contributed by atoms with Gasteiger partial charge in [-0.25, -0.2) is 0 Å². The fourth-order valence-electron chi connectivity index (χ4n) is 1.89. The molecular formula is C14H16ClNS. The molecule has 3 heteroatoms. The molecule has 1 atom stereocenters. The predicted molar refractivity (Wildman–Crippen MR) is 77.0 cm³/mol. The second-order valence-electron chi connectivity index (χ2n) is 4.14. The fourth-order valence-corrected chi connectivity index (χ4v) is 2.95. The summed E-state index contributed by atoms with van der Waals surface area (Å²) in [6.45, 7) is 4.24. The quantitative estimate of drug-likeness (QED) is 0.851. The third-order valence-electron chi connectivity index (χ3n) is 3.07. The van der Waals surface area contributed by atoms with Crippen LogP contribution >= 0.6 is 22.9 Å². The minimum absolute atomic E-state index is 0.278. The smallest absolute Gasteiger partial charge is 0.0459 e. The first-order valence-corrected chi connectivity index (χ1v) is 6.90. The van der Waals surface area contributed by atoms with Gasteiger partial charge in [0.1, 0.15) is 0 Å². The van der Waals surface area contributed by atoms with Crippen LogP contribution in [0.15, 0.2) is 29.6 Å². The van der Waals surface area contributed by atoms with Crippen molar-refractivity contribution in [3.63, 3.8) is 0 Å². The molecule has 1 aromatic carbocycles. The van der Waals surface area contributed by atoms with Crippen molar-refractivity contribution in [1.82, 2.24) is 5.32 Å². The molecule has 0 radical (unpaired) electrons. The van der Waals surface area contributed by atoms with E-state index in [1.807, 2.05) is 7.05 Å². The van der Waals surface area contributed by atoms with E-state index in [1.54, 1.807) is 11.3 Å². The van der Waals surface area contributed by atoms with Crippen molar-refractivity contribution in [1.29, 1.82) is 0 Å². The Labute approximate surface area is 111 Å². The van der Waals surface area contributed by atoms with Gasteiger partial charge >= 0.3 is 0 Å². The lowest BCUT2D eigenvalue weighted by molar-refractivity contribution is 0.652. The summed E-state index contributed by atoms with van der Waals surface area (Å²) in [5.74, 6) is 0. The molecule has 1 nitrogen and oxygen atoms in total. The lowest BCUT2D eigenvalue weighted by atomic mass is 10.0. The molecule has 90 valence electrons. The Morgan fingerprint density at radius 1 is 1.29 bits per heavy atom. The Morgan fingerprint density at radius 2 is 2.06 bits per heavy atom. The second-order valence-corrected chi connectivity index (χ2v) is 5.66. The first-order valence-electron chi connectivity index (χ1n) is 5.64. The maximum atomic E-state index is 6.34. The van der Waals surface area contributed by atoms with Crippen LogP contribution in [0.4, 0.5) is 0 Å². The van der Waals surface area contributed by atoms with Gasteiger partial charge in [-0.15, -0.1) is 11.3 Å². The van der Waals surface area contributed by atoms with E-state index in [0.29, 0.717) is 0 Å². The molecule has 17 heavy (non-hydrogen) atoms. The normalized spacial score (nSPS) is 12.7. The van der Waals surface area contributed by atoms with Crippen molar-refractivity contribution >= 4 is 22.9 Å². The van der Waals surface area contributed by atoms with Crippen LogP contribution in [-0.4, -0.2) is 7.05 Å². The Balaban J connectivity index is 2.41. The molecule has 0 fully saturated rings. The molecule has 0 aliphatic rings. The summed E-state index contributed by atoms with van der Waals surface area (Å²) in [6.07, 6.45) is 0. The molecule has 0 saturated heterocycles. The minimum Gasteiger partial charge on any atom is -0.313 e. The van der Waals surface area contributed by atoms with Gasteiger partial charge in [0.05, 0.1) is 0 Å². The molecule has 0 saturated carbocycles. The molecule has 0 amide bonds. The highest BCUT2D eigenvalue weighted by molar-refractivity contribution is 7.10. The highest BCUT2D eigenvalue weighted by atomic mass is 35.5. The van der Waals surface area contributed by atoms with E-state index >= 15 is 0 Å². The third kappa shape index (κ3) is 2.54. The van der Waals surface area contributed by atoms with Crippen LogP contribution in [0.1, 0.15) is 23.4 Å². The minimum atomic E-state index is 0.278. The van der Waals surface area contributed by atoms with Crippen molar-refractivity contribution in [2.24, 2.45) is 0 Å². The van der Waals surface area contributed by atoms with E-state index in [-0.39, 0.29) is 6.04 Å². The second kappa shape index (κ2) is 5.21. The van der Waals surface area contributed by atoms with Crippen LogP contribution in [0.25, 0.3) is 11.1 Å². The summed E-state index contributed by atoms with van der Waals surface area (Å²) < 4.78 is 0. The van der Waals surface area contributed by atoms with E-state index < -0.39 is 0 Å². The molecule has 1 unspecified atom stereocenters. The van der Waals surface area contributed by atoms with Gasteiger partial charge in [-0.05, 0) is 55.1 Å². The van der Waals surface area contributed by atoms with Crippen molar-refractivity contribution in [2.45, 2.75) is 19.9 Å². The molecule has 1 N–H and O–H groups in total.